The number of hydrogen-bond acceptors (Lipinski definition) is 3. The summed E-state index contributed by atoms with van der Waals surface area (Å²) >= 11 is 6.15. The number of benzene rings is 2. The molecule has 2 heterocycles. The van der Waals surface area contributed by atoms with Crippen LogP contribution in [0.4, 0.5) is 0 Å². The molecule has 156 valence electrons. The second-order valence-electron chi connectivity index (χ2n) is 8.23. The SMILES string of the molecule is CCOC(=O)Cc1c(-c2ccc(Cl)cc2)c(-c2ccccc2)c2n1CC(C)(CO)C2. The van der Waals surface area contributed by atoms with Crippen LogP contribution < -0.4 is 0 Å². The first-order valence-electron chi connectivity index (χ1n) is 10.3. The summed E-state index contributed by atoms with van der Waals surface area (Å²) in [7, 11) is 0. The van der Waals surface area contributed by atoms with Gasteiger partial charge in [0.1, 0.15) is 0 Å². The van der Waals surface area contributed by atoms with Gasteiger partial charge in [-0.2, -0.15) is 0 Å². The second-order valence-corrected chi connectivity index (χ2v) is 8.67. The van der Waals surface area contributed by atoms with Gasteiger partial charge in [-0.15, -0.1) is 0 Å². The first-order chi connectivity index (χ1) is 14.5. The van der Waals surface area contributed by atoms with Crippen LogP contribution in [0.1, 0.15) is 25.2 Å². The van der Waals surface area contributed by atoms with Crippen molar-refractivity contribution in [1.82, 2.24) is 4.57 Å². The lowest BCUT2D eigenvalue weighted by Crippen LogP contribution is -2.24. The summed E-state index contributed by atoms with van der Waals surface area (Å²) in [6.45, 7) is 5.02. The van der Waals surface area contributed by atoms with Crippen LogP contribution in [0.5, 0.6) is 0 Å². The van der Waals surface area contributed by atoms with Crippen molar-refractivity contribution in [2.24, 2.45) is 5.41 Å². The Labute approximate surface area is 182 Å². The van der Waals surface area contributed by atoms with Crippen molar-refractivity contribution in [3.05, 3.63) is 71.0 Å². The van der Waals surface area contributed by atoms with Crippen molar-refractivity contribution >= 4 is 17.6 Å². The summed E-state index contributed by atoms with van der Waals surface area (Å²) < 4.78 is 7.51. The molecule has 0 saturated heterocycles. The molecule has 30 heavy (non-hydrogen) atoms. The van der Waals surface area contributed by atoms with Gasteiger partial charge in [-0.3, -0.25) is 4.79 Å². The van der Waals surface area contributed by atoms with Crippen LogP contribution in [-0.4, -0.2) is 28.9 Å². The molecule has 1 N–H and O–H groups in total. The predicted molar refractivity (Wildman–Crippen MR) is 120 cm³/mol. The summed E-state index contributed by atoms with van der Waals surface area (Å²) in [5, 5.41) is 10.7. The number of aliphatic hydroxyl groups excluding tert-OH is 1. The highest BCUT2D eigenvalue weighted by molar-refractivity contribution is 6.30. The van der Waals surface area contributed by atoms with E-state index in [-0.39, 0.29) is 24.4 Å². The Balaban J connectivity index is 1.98. The molecule has 1 aromatic heterocycles. The highest BCUT2D eigenvalue weighted by Crippen LogP contribution is 2.47. The minimum atomic E-state index is -0.249. The molecule has 0 bridgehead atoms. The Kier molecular flexibility index (Phi) is 5.72. The third-order valence-corrected chi connectivity index (χ3v) is 6.06. The van der Waals surface area contributed by atoms with E-state index in [0.29, 0.717) is 18.2 Å². The van der Waals surface area contributed by atoms with Crippen molar-refractivity contribution in [1.29, 1.82) is 0 Å². The van der Waals surface area contributed by atoms with Crippen LogP contribution in [0.15, 0.2) is 54.6 Å². The van der Waals surface area contributed by atoms with E-state index in [1.54, 1.807) is 0 Å². The fourth-order valence-electron chi connectivity index (χ4n) is 4.42. The van der Waals surface area contributed by atoms with Crippen molar-refractivity contribution in [2.75, 3.05) is 13.2 Å². The van der Waals surface area contributed by atoms with E-state index in [1.165, 1.54) is 0 Å². The van der Waals surface area contributed by atoms with E-state index in [4.69, 9.17) is 16.3 Å². The van der Waals surface area contributed by atoms with Crippen LogP contribution in [0.25, 0.3) is 22.3 Å². The Morgan fingerprint density at radius 1 is 1.10 bits per heavy atom. The summed E-state index contributed by atoms with van der Waals surface area (Å²) in [5.74, 6) is -0.245. The van der Waals surface area contributed by atoms with E-state index < -0.39 is 0 Å². The maximum atomic E-state index is 12.5. The Morgan fingerprint density at radius 3 is 2.40 bits per heavy atom. The lowest BCUT2D eigenvalue weighted by Gasteiger charge is -2.21. The van der Waals surface area contributed by atoms with Crippen molar-refractivity contribution < 1.29 is 14.6 Å². The van der Waals surface area contributed by atoms with E-state index >= 15 is 0 Å². The van der Waals surface area contributed by atoms with Gasteiger partial charge in [0.25, 0.3) is 0 Å². The average Bonchev–Trinajstić information content (AvgIpc) is 3.22. The van der Waals surface area contributed by atoms with Gasteiger partial charge >= 0.3 is 5.97 Å². The Hall–Kier alpha value is -2.56. The van der Waals surface area contributed by atoms with Gasteiger partial charge in [0, 0.05) is 39.5 Å². The zero-order valence-electron chi connectivity index (χ0n) is 17.3. The topological polar surface area (TPSA) is 51.5 Å². The molecule has 1 aliphatic heterocycles. The molecule has 4 nitrogen and oxygen atoms in total. The average molecular weight is 424 g/mol. The fourth-order valence-corrected chi connectivity index (χ4v) is 4.55. The molecule has 1 unspecified atom stereocenters. The predicted octanol–water partition coefficient (Wildman–Crippen LogP) is 5.14. The number of fused-ring (bicyclic) bond motifs is 1. The normalized spacial score (nSPS) is 17.7. The highest BCUT2D eigenvalue weighted by atomic mass is 35.5. The quantitative estimate of drug-likeness (QED) is 0.559. The number of aromatic nitrogens is 1. The third kappa shape index (κ3) is 3.78. The molecule has 1 atom stereocenters. The molecule has 3 aromatic rings. The zero-order valence-corrected chi connectivity index (χ0v) is 18.1. The fraction of sp³-hybridized carbons (Fsp3) is 0.320. The number of rotatable bonds is 6. The summed E-state index contributed by atoms with van der Waals surface area (Å²) in [4.78, 5) is 12.5. The number of aliphatic hydroxyl groups is 1. The van der Waals surface area contributed by atoms with Crippen LogP contribution in [0, 0.1) is 5.41 Å². The van der Waals surface area contributed by atoms with Crippen LogP contribution in [0.2, 0.25) is 5.02 Å². The van der Waals surface area contributed by atoms with Gasteiger partial charge in [0.2, 0.25) is 0 Å². The van der Waals surface area contributed by atoms with Crippen molar-refractivity contribution in [2.45, 2.75) is 33.2 Å². The molecule has 5 heteroatoms. The van der Waals surface area contributed by atoms with E-state index in [1.807, 2.05) is 49.4 Å². The molecular weight excluding hydrogens is 398 g/mol. The minimum Gasteiger partial charge on any atom is -0.466 e. The third-order valence-electron chi connectivity index (χ3n) is 5.81. The maximum absolute atomic E-state index is 12.5. The lowest BCUT2D eigenvalue weighted by molar-refractivity contribution is -0.142. The lowest BCUT2D eigenvalue weighted by atomic mass is 9.85. The smallest absolute Gasteiger partial charge is 0.311 e. The van der Waals surface area contributed by atoms with Crippen LogP contribution in [0.3, 0.4) is 0 Å². The second kappa shape index (κ2) is 8.29. The highest BCUT2D eigenvalue weighted by Gasteiger charge is 2.39. The monoisotopic (exact) mass is 423 g/mol. The van der Waals surface area contributed by atoms with Gasteiger partial charge in [-0.05, 0) is 36.6 Å². The van der Waals surface area contributed by atoms with Crippen molar-refractivity contribution in [3.63, 3.8) is 0 Å². The molecule has 0 aliphatic carbocycles. The molecule has 0 radical (unpaired) electrons. The summed E-state index contributed by atoms with van der Waals surface area (Å²) in [6.07, 6.45) is 0.935. The maximum Gasteiger partial charge on any atom is 0.311 e. The standard InChI is InChI=1S/C25H26ClNO3/c1-3-30-22(29)13-20-23(18-9-11-19(26)12-10-18)24(17-7-5-4-6-8-17)21-14-25(2,16-28)15-27(20)21/h4-12,28H,3,13-16H2,1-2H3. The van der Waals surface area contributed by atoms with Gasteiger partial charge in [-0.25, -0.2) is 0 Å². The molecule has 0 fully saturated rings. The van der Waals surface area contributed by atoms with Crippen LogP contribution in [-0.2, 0) is 28.9 Å². The zero-order chi connectivity index (χ0) is 21.3. The summed E-state index contributed by atoms with van der Waals surface area (Å²) in [6, 6.07) is 18.0. The molecule has 0 saturated carbocycles. The molecule has 1 aliphatic rings. The number of carbonyl (C=O) groups excluding carboxylic acids is 1. The number of nitrogens with zero attached hydrogens (tertiary/aromatic N) is 1. The molecule has 2 aromatic carbocycles. The first-order valence-corrected chi connectivity index (χ1v) is 10.7. The Bertz CT molecular complexity index is 1060. The number of ether oxygens (including phenoxy) is 1. The van der Waals surface area contributed by atoms with Gasteiger partial charge in [0.15, 0.2) is 0 Å². The van der Waals surface area contributed by atoms with E-state index in [9.17, 15) is 9.90 Å². The van der Waals surface area contributed by atoms with Crippen molar-refractivity contribution in [3.8, 4) is 22.3 Å². The summed E-state index contributed by atoms with van der Waals surface area (Å²) in [5.41, 5.74) is 6.12. The Morgan fingerprint density at radius 2 is 1.77 bits per heavy atom. The largest absolute Gasteiger partial charge is 0.466 e. The number of esters is 1. The molecular formula is C25H26ClNO3. The van der Waals surface area contributed by atoms with Gasteiger partial charge in [0.05, 0.1) is 19.6 Å². The number of hydrogen-bond donors (Lipinski definition) is 1. The van der Waals surface area contributed by atoms with Gasteiger partial charge < -0.3 is 14.4 Å². The molecule has 0 spiro atoms. The number of halogens is 1. The minimum absolute atomic E-state index is 0.0953. The molecule has 0 amide bonds. The van der Waals surface area contributed by atoms with E-state index in [2.05, 4.69) is 23.6 Å². The number of carbonyl (C=O) groups is 1. The molecule has 4 rings (SSSR count). The van der Waals surface area contributed by atoms with Gasteiger partial charge in [-0.1, -0.05) is 61.0 Å². The first kappa shape index (κ1) is 20.7. The van der Waals surface area contributed by atoms with Crippen LogP contribution >= 0.6 is 11.6 Å². The van der Waals surface area contributed by atoms with E-state index in [0.717, 1.165) is 40.1 Å².